The number of nitrogens with zero attached hydrogens (tertiary/aromatic N) is 2. The molecule has 0 saturated heterocycles. The average molecular weight is 433 g/mol. The number of methoxy groups -OCH3 is 2. The van der Waals surface area contributed by atoms with Crippen molar-refractivity contribution in [3.63, 3.8) is 0 Å². The number of ether oxygens (including phenoxy) is 2. The summed E-state index contributed by atoms with van der Waals surface area (Å²) in [5.41, 5.74) is 2.14. The summed E-state index contributed by atoms with van der Waals surface area (Å²) in [6, 6.07) is 24.1. The Bertz CT molecular complexity index is 1160. The summed E-state index contributed by atoms with van der Waals surface area (Å²) in [5, 5.41) is 8.10. The van der Waals surface area contributed by atoms with Crippen molar-refractivity contribution in [1.82, 2.24) is 10.2 Å². The molecule has 0 radical (unpaired) electrons. The molecule has 1 atom stereocenters. The number of hydrogen-bond acceptors (Lipinski definition) is 7. The van der Waals surface area contributed by atoms with Crippen molar-refractivity contribution in [3.8, 4) is 23.0 Å². The highest BCUT2D eigenvalue weighted by Crippen LogP contribution is 2.39. The van der Waals surface area contributed by atoms with E-state index in [9.17, 15) is 4.79 Å². The van der Waals surface area contributed by atoms with Gasteiger partial charge >= 0.3 is 0 Å². The molecule has 4 rings (SSSR count). The van der Waals surface area contributed by atoms with Crippen LogP contribution in [0.1, 0.15) is 21.2 Å². The standard InChI is InChI=1S/C24H20N2O4S/c1-28-18-13-14-19(20(15-18)29-2)23-25-26-24(30-23)31-22(17-11-7-4-8-12-17)21(27)16-9-5-3-6-10-16/h3-15,22H,1-2H3/t22-/m0/s1. The summed E-state index contributed by atoms with van der Waals surface area (Å²) in [5.74, 6) is 1.49. The number of benzene rings is 3. The molecule has 0 aliphatic carbocycles. The van der Waals surface area contributed by atoms with Crippen LogP contribution < -0.4 is 9.47 Å². The highest BCUT2D eigenvalue weighted by Gasteiger charge is 2.26. The molecule has 0 unspecified atom stereocenters. The first kappa shape index (κ1) is 20.7. The first-order chi connectivity index (χ1) is 15.2. The van der Waals surface area contributed by atoms with Crippen molar-refractivity contribution < 1.29 is 18.7 Å². The van der Waals surface area contributed by atoms with E-state index in [-0.39, 0.29) is 5.78 Å². The molecule has 156 valence electrons. The largest absolute Gasteiger partial charge is 0.497 e. The zero-order valence-corrected chi connectivity index (χ0v) is 17.8. The Kier molecular flexibility index (Phi) is 6.33. The van der Waals surface area contributed by atoms with Crippen molar-refractivity contribution in [2.75, 3.05) is 14.2 Å². The van der Waals surface area contributed by atoms with Gasteiger partial charge in [0.2, 0.25) is 0 Å². The van der Waals surface area contributed by atoms with Gasteiger partial charge in [0.1, 0.15) is 16.7 Å². The maximum atomic E-state index is 13.3. The second-order valence-electron chi connectivity index (χ2n) is 6.58. The van der Waals surface area contributed by atoms with Crippen LogP contribution in [-0.2, 0) is 0 Å². The zero-order valence-electron chi connectivity index (χ0n) is 17.0. The Hall–Kier alpha value is -3.58. The van der Waals surface area contributed by atoms with E-state index in [1.807, 2.05) is 48.5 Å². The average Bonchev–Trinajstić information content (AvgIpc) is 3.31. The first-order valence-corrected chi connectivity index (χ1v) is 10.4. The minimum atomic E-state index is -0.519. The molecule has 1 aromatic heterocycles. The third-order valence-corrected chi connectivity index (χ3v) is 5.75. The Labute approximate surface area is 184 Å². The van der Waals surface area contributed by atoms with Crippen LogP contribution in [0, 0.1) is 0 Å². The molecular formula is C24H20N2O4S. The van der Waals surface area contributed by atoms with Crippen LogP contribution in [0.25, 0.3) is 11.5 Å². The van der Waals surface area contributed by atoms with Crippen molar-refractivity contribution in [3.05, 3.63) is 90.0 Å². The lowest BCUT2D eigenvalue weighted by Crippen LogP contribution is -2.10. The van der Waals surface area contributed by atoms with Gasteiger partial charge in [0, 0.05) is 11.6 Å². The van der Waals surface area contributed by atoms with Gasteiger partial charge in [-0.15, -0.1) is 10.2 Å². The van der Waals surface area contributed by atoms with Crippen LogP contribution in [0.2, 0.25) is 0 Å². The van der Waals surface area contributed by atoms with Gasteiger partial charge in [-0.05, 0) is 29.5 Å². The maximum absolute atomic E-state index is 13.3. The van der Waals surface area contributed by atoms with E-state index < -0.39 is 5.25 Å². The summed E-state index contributed by atoms with van der Waals surface area (Å²) in [4.78, 5) is 13.3. The van der Waals surface area contributed by atoms with Gasteiger partial charge in [-0.1, -0.05) is 60.7 Å². The number of ketones is 1. The summed E-state index contributed by atoms with van der Waals surface area (Å²) < 4.78 is 16.6. The van der Waals surface area contributed by atoms with Crippen LogP contribution >= 0.6 is 11.8 Å². The van der Waals surface area contributed by atoms with E-state index in [1.165, 1.54) is 11.8 Å². The number of hydrogen-bond donors (Lipinski definition) is 0. The van der Waals surface area contributed by atoms with E-state index in [0.717, 1.165) is 5.56 Å². The number of Topliss-reactive ketones (excluding diaryl/α,β-unsaturated/α-hetero) is 1. The highest BCUT2D eigenvalue weighted by molar-refractivity contribution is 8.00. The lowest BCUT2D eigenvalue weighted by Gasteiger charge is -2.14. The van der Waals surface area contributed by atoms with Gasteiger partial charge in [-0.3, -0.25) is 4.79 Å². The highest BCUT2D eigenvalue weighted by atomic mass is 32.2. The van der Waals surface area contributed by atoms with Gasteiger partial charge in [0.05, 0.1) is 19.8 Å². The smallest absolute Gasteiger partial charge is 0.277 e. The predicted molar refractivity (Wildman–Crippen MR) is 119 cm³/mol. The van der Waals surface area contributed by atoms with Gasteiger partial charge in [-0.25, -0.2) is 0 Å². The molecule has 6 nitrogen and oxygen atoms in total. The zero-order chi connectivity index (χ0) is 21.6. The molecular weight excluding hydrogens is 412 g/mol. The van der Waals surface area contributed by atoms with Crippen molar-refractivity contribution in [2.45, 2.75) is 10.5 Å². The number of carbonyl (C=O) groups is 1. The summed E-state index contributed by atoms with van der Waals surface area (Å²) in [6.07, 6.45) is 0. The number of carbonyl (C=O) groups excluding carboxylic acids is 1. The third-order valence-electron chi connectivity index (χ3n) is 4.66. The normalized spacial score (nSPS) is 11.7. The molecule has 0 N–H and O–H groups in total. The fourth-order valence-corrected chi connectivity index (χ4v) is 4.05. The van der Waals surface area contributed by atoms with E-state index in [0.29, 0.717) is 33.7 Å². The molecule has 4 aromatic rings. The lowest BCUT2D eigenvalue weighted by atomic mass is 10.0. The second kappa shape index (κ2) is 9.49. The molecule has 0 aliphatic heterocycles. The Morgan fingerprint density at radius 3 is 2.29 bits per heavy atom. The second-order valence-corrected chi connectivity index (χ2v) is 7.63. The first-order valence-electron chi connectivity index (χ1n) is 9.56. The molecule has 1 heterocycles. The number of thioether (sulfide) groups is 1. The predicted octanol–water partition coefficient (Wildman–Crippen LogP) is 5.47. The van der Waals surface area contributed by atoms with Crippen molar-refractivity contribution in [2.24, 2.45) is 0 Å². The van der Waals surface area contributed by atoms with Gasteiger partial charge in [0.15, 0.2) is 5.78 Å². The molecule has 31 heavy (non-hydrogen) atoms. The molecule has 0 bridgehead atoms. The number of aromatic nitrogens is 2. The Morgan fingerprint density at radius 1 is 0.903 bits per heavy atom. The van der Waals surface area contributed by atoms with E-state index in [4.69, 9.17) is 13.9 Å². The summed E-state index contributed by atoms with van der Waals surface area (Å²) in [7, 11) is 3.15. The quantitative estimate of drug-likeness (QED) is 0.270. The van der Waals surface area contributed by atoms with Crippen LogP contribution in [0.4, 0.5) is 0 Å². The molecule has 0 aliphatic rings. The van der Waals surface area contributed by atoms with E-state index >= 15 is 0 Å². The fourth-order valence-electron chi connectivity index (χ4n) is 3.10. The molecule has 0 amide bonds. The lowest BCUT2D eigenvalue weighted by molar-refractivity contribution is 0.0989. The van der Waals surface area contributed by atoms with Crippen LogP contribution in [-0.4, -0.2) is 30.2 Å². The third kappa shape index (κ3) is 4.62. The Balaban J connectivity index is 1.65. The minimum absolute atomic E-state index is 0.0291. The molecule has 0 saturated carbocycles. The van der Waals surface area contributed by atoms with Crippen LogP contribution in [0.15, 0.2) is 88.5 Å². The van der Waals surface area contributed by atoms with Crippen molar-refractivity contribution in [1.29, 1.82) is 0 Å². The molecule has 3 aromatic carbocycles. The van der Waals surface area contributed by atoms with Crippen LogP contribution in [0.5, 0.6) is 11.5 Å². The monoisotopic (exact) mass is 432 g/mol. The minimum Gasteiger partial charge on any atom is -0.497 e. The van der Waals surface area contributed by atoms with E-state index in [1.54, 1.807) is 44.6 Å². The van der Waals surface area contributed by atoms with Gasteiger partial charge in [-0.2, -0.15) is 0 Å². The Morgan fingerprint density at radius 2 is 1.61 bits per heavy atom. The van der Waals surface area contributed by atoms with Crippen molar-refractivity contribution >= 4 is 17.5 Å². The van der Waals surface area contributed by atoms with Crippen LogP contribution in [0.3, 0.4) is 0 Å². The summed E-state index contributed by atoms with van der Waals surface area (Å²) >= 11 is 1.23. The molecule has 0 fully saturated rings. The molecule has 0 spiro atoms. The fraction of sp³-hybridized carbons (Fsp3) is 0.125. The molecule has 7 heteroatoms. The topological polar surface area (TPSA) is 74.5 Å². The van der Waals surface area contributed by atoms with E-state index in [2.05, 4.69) is 10.2 Å². The summed E-state index contributed by atoms with van der Waals surface area (Å²) in [6.45, 7) is 0. The van der Waals surface area contributed by atoms with Gasteiger partial charge < -0.3 is 13.9 Å². The number of rotatable bonds is 8. The SMILES string of the molecule is COc1ccc(-c2nnc(S[C@H](C(=O)c3ccccc3)c3ccccc3)o2)c(OC)c1. The maximum Gasteiger partial charge on any atom is 0.277 e. The van der Waals surface area contributed by atoms with Gasteiger partial charge in [0.25, 0.3) is 11.1 Å².